The van der Waals surface area contributed by atoms with E-state index in [9.17, 15) is 0 Å². The van der Waals surface area contributed by atoms with Gasteiger partial charge in [-0.25, -0.2) is 0 Å². The van der Waals surface area contributed by atoms with E-state index in [2.05, 4.69) is 21.4 Å². The van der Waals surface area contributed by atoms with Crippen LogP contribution in [-0.2, 0) is 7.05 Å². The summed E-state index contributed by atoms with van der Waals surface area (Å²) in [6.07, 6.45) is 5.04. The van der Waals surface area contributed by atoms with Crippen LogP contribution in [0.2, 0.25) is 0 Å². The van der Waals surface area contributed by atoms with Crippen molar-refractivity contribution < 1.29 is 4.52 Å². The first kappa shape index (κ1) is 10.9. The first-order valence-electron chi connectivity index (χ1n) is 6.17. The highest BCUT2D eigenvalue weighted by Gasteiger charge is 2.44. The number of aryl methyl sites for hydroxylation is 1. The van der Waals surface area contributed by atoms with E-state index in [1.165, 1.54) is 5.56 Å². The third-order valence-electron chi connectivity index (χ3n) is 3.44. The molecule has 3 aromatic heterocycles. The molecular formula is C13H12N4OS. The Hall–Kier alpha value is -1.95. The molecule has 0 radical (unpaired) electrons. The molecular weight excluding hydrogens is 260 g/mol. The lowest BCUT2D eigenvalue weighted by Crippen LogP contribution is -1.85. The predicted octanol–water partition coefficient (Wildman–Crippen LogP) is 2.80. The first-order valence-corrected chi connectivity index (χ1v) is 7.05. The first-order chi connectivity index (χ1) is 9.31. The second-order valence-corrected chi connectivity index (χ2v) is 5.78. The average Bonchev–Trinajstić information content (AvgIpc) is 2.86. The van der Waals surface area contributed by atoms with Crippen molar-refractivity contribution in [1.82, 2.24) is 19.9 Å². The van der Waals surface area contributed by atoms with Gasteiger partial charge in [-0.1, -0.05) is 11.2 Å². The Morgan fingerprint density at radius 2 is 2.37 bits per heavy atom. The summed E-state index contributed by atoms with van der Waals surface area (Å²) in [5.74, 6) is 2.27. The van der Waals surface area contributed by atoms with Crippen molar-refractivity contribution in [1.29, 1.82) is 0 Å². The second-order valence-electron chi connectivity index (χ2n) is 4.83. The molecule has 0 amide bonds. The van der Waals surface area contributed by atoms with Crippen molar-refractivity contribution >= 4 is 11.3 Å². The second kappa shape index (κ2) is 4.03. The Bertz CT molecular complexity index is 700. The molecule has 6 heteroatoms. The number of aromatic nitrogens is 4. The lowest BCUT2D eigenvalue weighted by Gasteiger charge is -1.90. The molecule has 1 aliphatic rings. The summed E-state index contributed by atoms with van der Waals surface area (Å²) >= 11 is 1.62. The van der Waals surface area contributed by atoms with Gasteiger partial charge in [-0.15, -0.1) is 11.3 Å². The number of thiophene rings is 1. The molecule has 3 heterocycles. The average molecular weight is 272 g/mol. The van der Waals surface area contributed by atoms with E-state index < -0.39 is 0 Å². The Labute approximate surface area is 113 Å². The summed E-state index contributed by atoms with van der Waals surface area (Å²) in [6.45, 7) is 0. The van der Waals surface area contributed by atoms with Crippen LogP contribution in [0, 0.1) is 0 Å². The predicted molar refractivity (Wildman–Crippen MR) is 70.9 cm³/mol. The standard InChI is InChI=1S/C13H12N4OS/c1-17-7-8(6-14-17)9-5-10(9)13-15-12(16-18-13)11-3-2-4-19-11/h2-4,6-7,9-10H,5H2,1H3/t9-,10-/m1/s1. The van der Waals surface area contributed by atoms with Gasteiger partial charge in [0.15, 0.2) is 0 Å². The Balaban J connectivity index is 1.56. The number of hydrogen-bond donors (Lipinski definition) is 0. The molecule has 96 valence electrons. The topological polar surface area (TPSA) is 56.7 Å². The van der Waals surface area contributed by atoms with Gasteiger partial charge in [0.1, 0.15) is 0 Å². The Kier molecular flexibility index (Phi) is 2.32. The van der Waals surface area contributed by atoms with Crippen LogP contribution in [0.4, 0.5) is 0 Å². The largest absolute Gasteiger partial charge is 0.339 e. The van der Waals surface area contributed by atoms with Crippen molar-refractivity contribution in [3.63, 3.8) is 0 Å². The summed E-state index contributed by atoms with van der Waals surface area (Å²) in [6, 6.07) is 4.00. The third kappa shape index (κ3) is 1.88. The monoisotopic (exact) mass is 272 g/mol. The number of nitrogens with zero attached hydrogens (tertiary/aromatic N) is 4. The van der Waals surface area contributed by atoms with E-state index in [0.29, 0.717) is 17.7 Å². The van der Waals surface area contributed by atoms with Crippen LogP contribution < -0.4 is 0 Å². The van der Waals surface area contributed by atoms with Gasteiger partial charge in [0.05, 0.1) is 11.1 Å². The third-order valence-corrected chi connectivity index (χ3v) is 4.31. The molecule has 1 fully saturated rings. The van der Waals surface area contributed by atoms with E-state index in [0.717, 1.165) is 17.2 Å². The van der Waals surface area contributed by atoms with Crippen molar-refractivity contribution in [2.45, 2.75) is 18.3 Å². The van der Waals surface area contributed by atoms with Crippen LogP contribution in [0.1, 0.15) is 29.7 Å². The van der Waals surface area contributed by atoms with E-state index in [4.69, 9.17) is 4.52 Å². The molecule has 3 aromatic rings. The maximum atomic E-state index is 5.39. The molecule has 0 saturated heterocycles. The molecule has 19 heavy (non-hydrogen) atoms. The van der Waals surface area contributed by atoms with E-state index >= 15 is 0 Å². The molecule has 0 aromatic carbocycles. The lowest BCUT2D eigenvalue weighted by atomic mass is 10.2. The molecule has 1 aliphatic carbocycles. The van der Waals surface area contributed by atoms with Crippen LogP contribution >= 0.6 is 11.3 Å². The highest BCUT2D eigenvalue weighted by atomic mass is 32.1. The highest BCUT2D eigenvalue weighted by Crippen LogP contribution is 2.54. The SMILES string of the molecule is Cn1cc([C@H]2C[C@H]2c2nc(-c3cccs3)no2)cn1. The van der Waals surface area contributed by atoms with Gasteiger partial charge in [0.25, 0.3) is 0 Å². The van der Waals surface area contributed by atoms with Gasteiger partial charge in [-0.2, -0.15) is 10.1 Å². The van der Waals surface area contributed by atoms with Crippen LogP contribution in [0.15, 0.2) is 34.4 Å². The minimum atomic E-state index is 0.352. The molecule has 2 atom stereocenters. The van der Waals surface area contributed by atoms with Gasteiger partial charge < -0.3 is 4.52 Å². The summed E-state index contributed by atoms with van der Waals surface area (Å²) in [5.41, 5.74) is 1.25. The highest BCUT2D eigenvalue weighted by molar-refractivity contribution is 7.13. The number of hydrogen-bond acceptors (Lipinski definition) is 5. The fraction of sp³-hybridized carbons (Fsp3) is 0.308. The summed E-state index contributed by atoms with van der Waals surface area (Å²) in [7, 11) is 1.93. The quantitative estimate of drug-likeness (QED) is 0.735. The van der Waals surface area contributed by atoms with E-state index in [1.54, 1.807) is 11.3 Å². The lowest BCUT2D eigenvalue weighted by molar-refractivity contribution is 0.378. The molecule has 0 spiro atoms. The van der Waals surface area contributed by atoms with Gasteiger partial charge in [0.2, 0.25) is 11.7 Å². The van der Waals surface area contributed by atoms with E-state index in [-0.39, 0.29) is 0 Å². The normalized spacial score (nSPS) is 21.7. The van der Waals surface area contributed by atoms with Crippen molar-refractivity contribution in [3.05, 3.63) is 41.4 Å². The van der Waals surface area contributed by atoms with Crippen LogP contribution in [0.3, 0.4) is 0 Å². The zero-order valence-corrected chi connectivity index (χ0v) is 11.2. The minimum Gasteiger partial charge on any atom is -0.339 e. The molecule has 0 aliphatic heterocycles. The molecule has 0 unspecified atom stereocenters. The van der Waals surface area contributed by atoms with Crippen LogP contribution in [0.25, 0.3) is 10.7 Å². The zero-order chi connectivity index (χ0) is 12.8. The summed E-state index contributed by atoms with van der Waals surface area (Å²) < 4.78 is 7.22. The maximum absolute atomic E-state index is 5.39. The van der Waals surface area contributed by atoms with Crippen molar-refractivity contribution in [2.75, 3.05) is 0 Å². The fourth-order valence-corrected chi connectivity index (χ4v) is 3.01. The van der Waals surface area contributed by atoms with Gasteiger partial charge in [0, 0.05) is 19.2 Å². The zero-order valence-electron chi connectivity index (χ0n) is 10.4. The fourth-order valence-electron chi connectivity index (χ4n) is 2.36. The number of rotatable bonds is 3. The molecule has 1 saturated carbocycles. The van der Waals surface area contributed by atoms with Gasteiger partial charge in [-0.3, -0.25) is 4.68 Å². The molecule has 5 nitrogen and oxygen atoms in total. The van der Waals surface area contributed by atoms with Crippen molar-refractivity contribution in [2.24, 2.45) is 7.05 Å². The van der Waals surface area contributed by atoms with Gasteiger partial charge in [-0.05, 0) is 29.3 Å². The van der Waals surface area contributed by atoms with Crippen LogP contribution in [0.5, 0.6) is 0 Å². The van der Waals surface area contributed by atoms with E-state index in [1.807, 2.05) is 35.4 Å². The minimum absolute atomic E-state index is 0.352. The summed E-state index contributed by atoms with van der Waals surface area (Å²) in [4.78, 5) is 5.55. The molecule has 0 N–H and O–H groups in total. The Morgan fingerprint density at radius 3 is 3.11 bits per heavy atom. The maximum Gasteiger partial charge on any atom is 0.230 e. The van der Waals surface area contributed by atoms with Gasteiger partial charge >= 0.3 is 0 Å². The Morgan fingerprint density at radius 1 is 1.42 bits per heavy atom. The summed E-state index contributed by atoms with van der Waals surface area (Å²) in [5, 5.41) is 10.3. The van der Waals surface area contributed by atoms with Crippen LogP contribution in [-0.4, -0.2) is 19.9 Å². The van der Waals surface area contributed by atoms with Crippen molar-refractivity contribution in [3.8, 4) is 10.7 Å². The molecule has 4 rings (SSSR count). The smallest absolute Gasteiger partial charge is 0.230 e. The molecule has 0 bridgehead atoms.